The summed E-state index contributed by atoms with van der Waals surface area (Å²) in [5.41, 5.74) is 3.49. The highest BCUT2D eigenvalue weighted by Gasteiger charge is 2.45. The van der Waals surface area contributed by atoms with Gasteiger partial charge in [0.15, 0.2) is 25.0 Å². The smallest absolute Gasteiger partial charge is 0.331 e. The SMILES string of the molecule is CCC(=CC(C)=CC(C)=CC=CC(C)=C[C@@H](O[Si](C)(C)C(C)(C)C)[C@@H](C[C@@H](C)O[Si](C)(C)C(C)(C)C)O[Si](C)(C)C(C)(C)C)C(=O)O. The summed E-state index contributed by atoms with van der Waals surface area (Å²) in [4.78, 5) is 11.4. The molecule has 0 aromatic rings. The van der Waals surface area contributed by atoms with Crippen molar-refractivity contribution in [1.29, 1.82) is 0 Å². The molecule has 47 heavy (non-hydrogen) atoms. The highest BCUT2D eigenvalue weighted by molar-refractivity contribution is 6.75. The highest BCUT2D eigenvalue weighted by atomic mass is 28.4. The van der Waals surface area contributed by atoms with Crippen LogP contribution in [0.5, 0.6) is 0 Å². The first-order chi connectivity index (χ1) is 20.9. The maximum absolute atomic E-state index is 11.4. The van der Waals surface area contributed by atoms with Gasteiger partial charge >= 0.3 is 5.97 Å². The summed E-state index contributed by atoms with van der Waals surface area (Å²) in [5.74, 6) is -0.867. The molecule has 0 heterocycles. The van der Waals surface area contributed by atoms with E-state index < -0.39 is 30.9 Å². The monoisotopic (exact) mass is 706 g/mol. The number of rotatable bonds is 16. The number of hydrogen-bond acceptors (Lipinski definition) is 4. The second-order valence-electron chi connectivity index (χ2n) is 18.1. The van der Waals surface area contributed by atoms with E-state index in [1.165, 1.54) is 0 Å². The minimum atomic E-state index is -2.17. The van der Waals surface area contributed by atoms with Crippen LogP contribution in [-0.2, 0) is 18.1 Å². The molecular weight excluding hydrogens is 633 g/mol. The predicted molar refractivity (Wildman–Crippen MR) is 213 cm³/mol. The van der Waals surface area contributed by atoms with Gasteiger partial charge in [0.25, 0.3) is 0 Å². The highest BCUT2D eigenvalue weighted by Crippen LogP contribution is 2.42. The van der Waals surface area contributed by atoms with Gasteiger partial charge in [0, 0.05) is 11.7 Å². The van der Waals surface area contributed by atoms with Gasteiger partial charge in [-0.3, -0.25) is 0 Å². The van der Waals surface area contributed by atoms with E-state index in [0.29, 0.717) is 12.0 Å². The Labute approximate surface area is 294 Å². The van der Waals surface area contributed by atoms with Crippen LogP contribution in [0.1, 0.15) is 110 Å². The van der Waals surface area contributed by atoms with Crippen molar-refractivity contribution in [1.82, 2.24) is 0 Å². The van der Waals surface area contributed by atoms with Crippen LogP contribution in [0.15, 0.2) is 58.7 Å². The molecule has 1 N–H and O–H groups in total. The largest absolute Gasteiger partial charge is 0.478 e. The van der Waals surface area contributed by atoms with Crippen molar-refractivity contribution in [2.45, 2.75) is 182 Å². The van der Waals surface area contributed by atoms with Crippen molar-refractivity contribution in [2.75, 3.05) is 0 Å². The molecule has 0 aromatic carbocycles. The van der Waals surface area contributed by atoms with Crippen LogP contribution in [0.2, 0.25) is 54.4 Å². The molecule has 5 nitrogen and oxygen atoms in total. The fourth-order valence-electron chi connectivity index (χ4n) is 4.30. The Bertz CT molecular complexity index is 1180. The molecule has 272 valence electrons. The lowest BCUT2D eigenvalue weighted by atomic mass is 10.0. The van der Waals surface area contributed by atoms with Crippen LogP contribution < -0.4 is 0 Å². The van der Waals surface area contributed by atoms with Gasteiger partial charge in [0.2, 0.25) is 0 Å². The zero-order valence-corrected chi connectivity index (χ0v) is 37.2. The fraction of sp³-hybridized carbons (Fsp3) is 0.718. The van der Waals surface area contributed by atoms with E-state index in [1.807, 2.05) is 26.8 Å². The van der Waals surface area contributed by atoms with Gasteiger partial charge in [-0.15, -0.1) is 0 Å². The van der Waals surface area contributed by atoms with Gasteiger partial charge in [-0.25, -0.2) is 4.79 Å². The van der Waals surface area contributed by atoms with Crippen LogP contribution in [0.4, 0.5) is 0 Å². The molecule has 3 atom stereocenters. The van der Waals surface area contributed by atoms with Crippen LogP contribution in [0.3, 0.4) is 0 Å². The van der Waals surface area contributed by atoms with Crippen molar-refractivity contribution in [3.05, 3.63) is 58.7 Å². The van der Waals surface area contributed by atoms with Crippen molar-refractivity contribution in [3.63, 3.8) is 0 Å². The Kier molecular flexibility index (Phi) is 17.1. The Balaban J connectivity index is 6.85. The second-order valence-corrected chi connectivity index (χ2v) is 32.3. The zero-order chi connectivity index (χ0) is 37.4. The lowest BCUT2D eigenvalue weighted by molar-refractivity contribution is -0.132. The third-order valence-corrected chi connectivity index (χ3v) is 24.0. The Hall–Kier alpha value is -1.30. The first-order valence-electron chi connectivity index (χ1n) is 17.6. The molecule has 0 aromatic heterocycles. The third kappa shape index (κ3) is 15.4. The number of allylic oxidation sites excluding steroid dienone is 8. The molecule has 8 heteroatoms. The van der Waals surface area contributed by atoms with Gasteiger partial charge in [0.05, 0.1) is 12.2 Å². The molecule has 0 aliphatic heterocycles. The number of carboxylic acid groups (broad SMARTS) is 1. The third-order valence-electron chi connectivity index (χ3n) is 10.4. The van der Waals surface area contributed by atoms with E-state index in [9.17, 15) is 9.90 Å². The van der Waals surface area contributed by atoms with E-state index in [0.717, 1.165) is 23.1 Å². The lowest BCUT2D eigenvalue weighted by Gasteiger charge is -2.46. The molecule has 0 rings (SSSR count). The number of aliphatic carboxylic acids is 1. The maximum Gasteiger partial charge on any atom is 0.331 e. The van der Waals surface area contributed by atoms with Gasteiger partial charge in [-0.1, -0.05) is 116 Å². The number of hydrogen-bond donors (Lipinski definition) is 1. The molecule has 0 saturated carbocycles. The summed E-state index contributed by atoms with van der Waals surface area (Å²) in [6.45, 7) is 44.7. The van der Waals surface area contributed by atoms with E-state index in [-0.39, 0.29) is 33.4 Å². The number of carbonyl (C=O) groups is 1. The first kappa shape index (κ1) is 45.7. The van der Waals surface area contributed by atoms with Crippen LogP contribution in [-0.4, -0.2) is 54.3 Å². The average molecular weight is 707 g/mol. The molecule has 0 bridgehead atoms. The minimum Gasteiger partial charge on any atom is -0.478 e. The molecular formula is C39H74O5Si3. The molecule has 0 fully saturated rings. The minimum absolute atomic E-state index is 0.0319. The van der Waals surface area contributed by atoms with Crippen molar-refractivity contribution >= 4 is 30.9 Å². The molecule has 0 amide bonds. The molecule has 0 aliphatic carbocycles. The summed E-state index contributed by atoms with van der Waals surface area (Å²) >= 11 is 0. The normalized spacial score (nSPS) is 17.7. The molecule has 0 aliphatic rings. The van der Waals surface area contributed by atoms with E-state index >= 15 is 0 Å². The van der Waals surface area contributed by atoms with Crippen molar-refractivity contribution < 1.29 is 23.2 Å². The molecule has 0 saturated heterocycles. The fourth-order valence-corrected chi connectivity index (χ4v) is 8.35. The topological polar surface area (TPSA) is 65.0 Å². The standard InChI is InChI=1S/C39H74O5Si3/c1-21-33(36(40)41)26-31(4)25-29(2)23-22-24-30(3)27-34(43-46(17,18)38(9,10)11)35(44-47(19,20)39(12,13)14)28-32(5)42-45(15,16)37(6,7)8/h22-27,32,34-35H,21,28H2,1-20H3,(H,40,41)/t32-,34-,35-/m1/s1. The molecule has 0 radical (unpaired) electrons. The van der Waals surface area contributed by atoms with Gasteiger partial charge in [-0.2, -0.15) is 0 Å². The first-order valence-corrected chi connectivity index (χ1v) is 26.3. The van der Waals surface area contributed by atoms with Crippen LogP contribution >= 0.6 is 0 Å². The van der Waals surface area contributed by atoms with Gasteiger partial charge < -0.3 is 18.4 Å². The van der Waals surface area contributed by atoms with Crippen LogP contribution in [0.25, 0.3) is 0 Å². The summed E-state index contributed by atoms with van der Waals surface area (Å²) in [6.07, 6.45) is 13.2. The van der Waals surface area contributed by atoms with Crippen LogP contribution in [0, 0.1) is 0 Å². The second kappa shape index (κ2) is 17.6. The predicted octanol–water partition coefficient (Wildman–Crippen LogP) is 12.4. The van der Waals surface area contributed by atoms with Gasteiger partial charge in [-0.05, 0) is 101 Å². The summed E-state index contributed by atoms with van der Waals surface area (Å²) in [7, 11) is -6.31. The maximum atomic E-state index is 11.4. The van der Waals surface area contributed by atoms with Gasteiger partial charge in [0.1, 0.15) is 0 Å². The van der Waals surface area contributed by atoms with E-state index in [2.05, 4.69) is 140 Å². The summed E-state index contributed by atoms with van der Waals surface area (Å²) in [5, 5.41) is 9.60. The quantitative estimate of drug-likeness (QED) is 0.0983. The Morgan fingerprint density at radius 3 is 1.57 bits per heavy atom. The van der Waals surface area contributed by atoms with Crippen molar-refractivity contribution in [2.24, 2.45) is 0 Å². The van der Waals surface area contributed by atoms with Crippen molar-refractivity contribution in [3.8, 4) is 0 Å². The average Bonchev–Trinajstić information content (AvgIpc) is 2.83. The van der Waals surface area contributed by atoms with E-state index in [4.69, 9.17) is 13.3 Å². The number of carboxylic acids is 1. The summed E-state index contributed by atoms with van der Waals surface area (Å²) in [6, 6.07) is 0. The van der Waals surface area contributed by atoms with E-state index in [1.54, 1.807) is 6.08 Å². The summed E-state index contributed by atoms with van der Waals surface area (Å²) < 4.78 is 21.4. The molecule has 0 spiro atoms. The Morgan fingerprint density at radius 1 is 0.702 bits per heavy atom. The zero-order valence-electron chi connectivity index (χ0n) is 34.2. The molecule has 0 unspecified atom stereocenters. The lowest BCUT2D eigenvalue weighted by Crippen LogP contribution is -2.52. The Morgan fingerprint density at radius 2 is 1.15 bits per heavy atom.